The smallest absolute Gasteiger partial charge is 0.412 e. The molecule has 1 heterocycles. The van der Waals surface area contributed by atoms with E-state index < -0.39 is 23.6 Å². The Hall–Kier alpha value is -3.55. The molecular formula is C21H24N2O6. The lowest BCUT2D eigenvalue weighted by Gasteiger charge is -2.23. The standard InChI is InChI=1S/C21H24N2O6/c1-21(2,3)29-20(26)22-14-9-11-15(12-10-14)23-13-7-6-8-16(18(24)27-4)17(23)19(25)28-5/h6-13H,1-5H3,(H,22,26). The molecule has 0 spiro atoms. The van der Waals surface area contributed by atoms with Gasteiger partial charge >= 0.3 is 18.0 Å². The van der Waals surface area contributed by atoms with Gasteiger partial charge in [0.1, 0.15) is 11.3 Å². The molecule has 0 unspecified atom stereocenters. The molecule has 0 atom stereocenters. The van der Waals surface area contributed by atoms with E-state index >= 15 is 0 Å². The number of hydrogen-bond acceptors (Lipinski definition) is 7. The van der Waals surface area contributed by atoms with Crippen LogP contribution in [-0.4, -0.2) is 37.9 Å². The van der Waals surface area contributed by atoms with E-state index in [1.54, 1.807) is 63.4 Å². The second-order valence-electron chi connectivity index (χ2n) is 6.99. The van der Waals surface area contributed by atoms with E-state index in [0.29, 0.717) is 11.4 Å². The summed E-state index contributed by atoms with van der Waals surface area (Å²) in [4.78, 5) is 38.0. The highest BCUT2D eigenvalue weighted by Gasteiger charge is 2.27. The molecule has 1 amide bonds. The second kappa shape index (κ2) is 9.09. The number of benzene rings is 1. The van der Waals surface area contributed by atoms with Crippen molar-refractivity contribution in [3.05, 3.63) is 60.0 Å². The maximum atomic E-state index is 12.4. The normalized spacial score (nSPS) is 13.6. The van der Waals surface area contributed by atoms with Crippen molar-refractivity contribution >= 4 is 29.4 Å². The van der Waals surface area contributed by atoms with Crippen LogP contribution in [0.15, 0.2) is 60.0 Å². The van der Waals surface area contributed by atoms with Crippen LogP contribution in [0.25, 0.3) is 0 Å². The molecule has 0 saturated carbocycles. The van der Waals surface area contributed by atoms with Crippen LogP contribution in [0.5, 0.6) is 0 Å². The molecule has 0 saturated heterocycles. The zero-order chi connectivity index (χ0) is 21.6. The highest BCUT2D eigenvalue weighted by Crippen LogP contribution is 2.27. The molecule has 8 nitrogen and oxygen atoms in total. The van der Waals surface area contributed by atoms with E-state index in [2.05, 4.69) is 5.32 Å². The predicted molar refractivity (Wildman–Crippen MR) is 108 cm³/mol. The van der Waals surface area contributed by atoms with Gasteiger partial charge in [-0.2, -0.15) is 0 Å². The van der Waals surface area contributed by atoms with E-state index in [1.165, 1.54) is 25.2 Å². The van der Waals surface area contributed by atoms with Crippen LogP contribution >= 0.6 is 0 Å². The summed E-state index contributed by atoms with van der Waals surface area (Å²) in [6.45, 7) is 5.32. The van der Waals surface area contributed by atoms with Crippen molar-refractivity contribution in [1.82, 2.24) is 0 Å². The Morgan fingerprint density at radius 1 is 0.931 bits per heavy atom. The predicted octanol–water partition coefficient (Wildman–Crippen LogP) is 3.52. The van der Waals surface area contributed by atoms with E-state index in [-0.39, 0.29) is 11.3 Å². The Bertz CT molecular complexity index is 875. The average Bonchev–Trinajstić information content (AvgIpc) is 2.88. The van der Waals surface area contributed by atoms with Gasteiger partial charge in [0.05, 0.1) is 19.8 Å². The van der Waals surface area contributed by atoms with Crippen LogP contribution in [0.1, 0.15) is 20.8 Å². The fourth-order valence-corrected chi connectivity index (χ4v) is 2.49. The molecule has 1 aromatic carbocycles. The molecule has 29 heavy (non-hydrogen) atoms. The van der Waals surface area contributed by atoms with Crippen molar-refractivity contribution in [3.8, 4) is 0 Å². The van der Waals surface area contributed by atoms with E-state index in [9.17, 15) is 14.4 Å². The number of esters is 2. The molecule has 1 aliphatic heterocycles. The van der Waals surface area contributed by atoms with Gasteiger partial charge in [0.25, 0.3) is 0 Å². The number of carbonyl (C=O) groups is 3. The van der Waals surface area contributed by atoms with Gasteiger partial charge in [-0.15, -0.1) is 0 Å². The van der Waals surface area contributed by atoms with Crippen LogP contribution in [0.4, 0.5) is 16.2 Å². The van der Waals surface area contributed by atoms with Crippen LogP contribution in [0, 0.1) is 0 Å². The van der Waals surface area contributed by atoms with E-state index in [1.807, 2.05) is 0 Å². The average molecular weight is 400 g/mol. The van der Waals surface area contributed by atoms with Crippen LogP contribution < -0.4 is 10.2 Å². The lowest BCUT2D eigenvalue weighted by atomic mass is 10.1. The first-order valence-electron chi connectivity index (χ1n) is 8.81. The Morgan fingerprint density at radius 2 is 1.55 bits per heavy atom. The number of amides is 1. The number of methoxy groups -OCH3 is 2. The molecule has 0 aliphatic carbocycles. The number of nitrogens with zero attached hydrogens (tertiary/aromatic N) is 1. The third-order valence-corrected chi connectivity index (χ3v) is 3.68. The summed E-state index contributed by atoms with van der Waals surface area (Å²) >= 11 is 0. The van der Waals surface area contributed by atoms with Crippen molar-refractivity contribution in [2.45, 2.75) is 26.4 Å². The molecule has 1 aromatic rings. The Kier molecular flexibility index (Phi) is 6.82. The highest BCUT2D eigenvalue weighted by atomic mass is 16.6. The number of hydrogen-bond donors (Lipinski definition) is 1. The van der Waals surface area contributed by atoms with Gasteiger partial charge in [-0.1, -0.05) is 6.08 Å². The van der Waals surface area contributed by atoms with Crippen LogP contribution in [0.2, 0.25) is 0 Å². The fraction of sp³-hybridized carbons (Fsp3) is 0.286. The van der Waals surface area contributed by atoms with E-state index in [0.717, 1.165) is 0 Å². The van der Waals surface area contributed by atoms with Gasteiger partial charge in [-0.05, 0) is 57.2 Å². The first-order chi connectivity index (χ1) is 13.7. The SMILES string of the molecule is COC(=O)C1=C(C(=O)OC)N(c2ccc(NC(=O)OC(C)(C)C)cc2)C=CC=C1. The first-order valence-corrected chi connectivity index (χ1v) is 8.81. The summed E-state index contributed by atoms with van der Waals surface area (Å²) in [5.74, 6) is -1.36. The summed E-state index contributed by atoms with van der Waals surface area (Å²) < 4.78 is 14.9. The molecular weight excluding hydrogens is 376 g/mol. The zero-order valence-electron chi connectivity index (χ0n) is 17.0. The van der Waals surface area contributed by atoms with Crippen LogP contribution in [0.3, 0.4) is 0 Å². The van der Waals surface area contributed by atoms with Crippen LogP contribution in [-0.2, 0) is 23.8 Å². The van der Waals surface area contributed by atoms with Gasteiger partial charge in [0, 0.05) is 17.6 Å². The molecule has 8 heteroatoms. The van der Waals surface area contributed by atoms with Gasteiger partial charge in [-0.25, -0.2) is 14.4 Å². The fourth-order valence-electron chi connectivity index (χ4n) is 2.49. The van der Waals surface area contributed by atoms with Gasteiger partial charge in [-0.3, -0.25) is 5.32 Å². The molecule has 2 rings (SSSR count). The second-order valence-corrected chi connectivity index (χ2v) is 6.99. The Balaban J connectivity index is 2.35. The lowest BCUT2D eigenvalue weighted by molar-refractivity contribution is -0.139. The summed E-state index contributed by atoms with van der Waals surface area (Å²) in [5.41, 5.74) is 0.536. The zero-order valence-corrected chi connectivity index (χ0v) is 17.0. The number of nitrogens with one attached hydrogen (secondary N) is 1. The molecule has 0 aromatic heterocycles. The maximum absolute atomic E-state index is 12.4. The summed E-state index contributed by atoms with van der Waals surface area (Å²) in [7, 11) is 2.46. The topological polar surface area (TPSA) is 94.2 Å². The molecule has 0 fully saturated rings. The minimum Gasteiger partial charge on any atom is -0.465 e. The van der Waals surface area contributed by atoms with Crippen molar-refractivity contribution in [3.63, 3.8) is 0 Å². The minimum atomic E-state index is -0.697. The quantitative estimate of drug-likeness (QED) is 0.610. The third-order valence-electron chi connectivity index (χ3n) is 3.68. The molecule has 1 aliphatic rings. The lowest BCUT2D eigenvalue weighted by Crippen LogP contribution is -2.27. The number of carbonyl (C=O) groups excluding carboxylic acids is 3. The van der Waals surface area contributed by atoms with Crippen molar-refractivity contribution in [2.24, 2.45) is 0 Å². The first kappa shape index (κ1) is 21.7. The summed E-state index contributed by atoms with van der Waals surface area (Å²) in [6.07, 6.45) is 5.81. The number of allylic oxidation sites excluding steroid dienone is 2. The molecule has 0 radical (unpaired) electrons. The van der Waals surface area contributed by atoms with Crippen molar-refractivity contribution in [2.75, 3.05) is 24.4 Å². The third kappa shape index (κ3) is 5.71. The maximum Gasteiger partial charge on any atom is 0.412 e. The number of rotatable bonds is 4. The monoisotopic (exact) mass is 400 g/mol. The number of ether oxygens (including phenoxy) is 3. The molecule has 154 valence electrons. The highest BCUT2D eigenvalue weighted by molar-refractivity contribution is 6.05. The van der Waals surface area contributed by atoms with Crippen molar-refractivity contribution in [1.29, 1.82) is 0 Å². The largest absolute Gasteiger partial charge is 0.465 e. The molecule has 0 bridgehead atoms. The van der Waals surface area contributed by atoms with Crippen molar-refractivity contribution < 1.29 is 28.6 Å². The minimum absolute atomic E-state index is 0.0113. The van der Waals surface area contributed by atoms with E-state index in [4.69, 9.17) is 14.2 Å². The van der Waals surface area contributed by atoms with Gasteiger partial charge in [0.15, 0.2) is 0 Å². The summed E-state index contributed by atoms with van der Waals surface area (Å²) in [6, 6.07) is 6.66. The molecule has 1 N–H and O–H groups in total. The summed E-state index contributed by atoms with van der Waals surface area (Å²) in [5, 5.41) is 2.63. The van der Waals surface area contributed by atoms with Gasteiger partial charge < -0.3 is 19.1 Å². The Labute approximate surface area is 169 Å². The number of anilines is 2. The Morgan fingerprint density at radius 3 is 2.10 bits per heavy atom. The van der Waals surface area contributed by atoms with Gasteiger partial charge in [0.2, 0.25) is 0 Å².